The van der Waals surface area contributed by atoms with Gasteiger partial charge in [-0.3, -0.25) is 0 Å². The summed E-state index contributed by atoms with van der Waals surface area (Å²) in [6.45, 7) is 0. The first-order chi connectivity index (χ1) is 5.95. The number of halogens is 4. The van der Waals surface area contributed by atoms with Crippen LogP contribution in [0.5, 0.6) is 0 Å². The van der Waals surface area contributed by atoms with Crippen LogP contribution in [0.2, 0.25) is 0 Å². The maximum atomic E-state index is 12.5. The van der Waals surface area contributed by atoms with Gasteiger partial charge in [0.2, 0.25) is 0 Å². The van der Waals surface area contributed by atoms with Crippen molar-refractivity contribution in [2.75, 3.05) is 0 Å². The van der Waals surface area contributed by atoms with Gasteiger partial charge in [-0.25, -0.2) is 22.4 Å². The lowest BCUT2D eigenvalue weighted by atomic mass is 10.2. The fraction of sp³-hybridized carbons (Fsp3) is 0. The van der Waals surface area contributed by atoms with E-state index in [1.165, 1.54) is 0 Å². The first-order valence-corrected chi connectivity index (χ1v) is 3.01. The molecule has 0 bridgehead atoms. The Morgan fingerprint density at radius 2 is 1.46 bits per heavy atom. The molecule has 1 aromatic rings. The Morgan fingerprint density at radius 3 is 1.77 bits per heavy atom. The zero-order valence-electron chi connectivity index (χ0n) is 5.94. The molecule has 0 saturated heterocycles. The van der Waals surface area contributed by atoms with E-state index in [2.05, 4.69) is 0 Å². The van der Waals surface area contributed by atoms with Gasteiger partial charge in [0.15, 0.2) is 23.3 Å². The summed E-state index contributed by atoms with van der Waals surface area (Å²) in [6, 6.07) is -0.0584. The van der Waals surface area contributed by atoms with E-state index in [0.717, 1.165) is 0 Å². The summed E-state index contributed by atoms with van der Waals surface area (Å²) in [4.78, 5) is 10.1. The number of hydrogen-bond acceptors (Lipinski definition) is 1. The van der Waals surface area contributed by atoms with Crippen molar-refractivity contribution in [3.05, 3.63) is 34.9 Å². The molecule has 0 unspecified atom stereocenters. The van der Waals surface area contributed by atoms with Gasteiger partial charge in [0.05, 0.1) is 0 Å². The second kappa shape index (κ2) is 3.04. The van der Waals surface area contributed by atoms with Crippen molar-refractivity contribution in [1.29, 1.82) is 0 Å². The highest BCUT2D eigenvalue weighted by Crippen LogP contribution is 2.18. The monoisotopic (exact) mass is 194 g/mol. The number of aromatic carboxylic acids is 1. The third kappa shape index (κ3) is 1.47. The van der Waals surface area contributed by atoms with E-state index >= 15 is 0 Å². The summed E-state index contributed by atoms with van der Waals surface area (Å²) in [5.41, 5.74) is -1.63. The highest BCUT2D eigenvalue weighted by Gasteiger charge is 2.23. The van der Waals surface area contributed by atoms with E-state index in [9.17, 15) is 22.4 Å². The van der Waals surface area contributed by atoms with Gasteiger partial charge in [0.1, 0.15) is 5.56 Å². The Morgan fingerprint density at radius 1 is 1.08 bits per heavy atom. The molecule has 0 aliphatic heterocycles. The summed E-state index contributed by atoms with van der Waals surface area (Å²) in [6.07, 6.45) is 0. The molecule has 1 rings (SSSR count). The van der Waals surface area contributed by atoms with Gasteiger partial charge in [0, 0.05) is 6.07 Å². The van der Waals surface area contributed by atoms with Crippen molar-refractivity contribution in [1.82, 2.24) is 0 Å². The molecule has 0 fully saturated rings. The van der Waals surface area contributed by atoms with Crippen LogP contribution in [0, 0.1) is 23.3 Å². The average molecular weight is 194 g/mol. The van der Waals surface area contributed by atoms with Crippen LogP contribution in [-0.2, 0) is 0 Å². The van der Waals surface area contributed by atoms with Gasteiger partial charge in [0.25, 0.3) is 0 Å². The average Bonchev–Trinajstić information content (AvgIpc) is 2.01. The second-order valence-electron chi connectivity index (χ2n) is 2.15. The third-order valence-electron chi connectivity index (χ3n) is 1.33. The predicted molar refractivity (Wildman–Crippen MR) is 33.2 cm³/mol. The molecule has 0 saturated carbocycles. The Bertz CT molecular complexity index is 349. The van der Waals surface area contributed by atoms with Gasteiger partial charge >= 0.3 is 5.97 Å². The van der Waals surface area contributed by atoms with Crippen molar-refractivity contribution in [2.24, 2.45) is 0 Å². The molecule has 0 aromatic heterocycles. The second-order valence-corrected chi connectivity index (χ2v) is 2.15. The lowest BCUT2D eigenvalue weighted by molar-refractivity contribution is 0.0683. The molecule has 0 heterocycles. The van der Waals surface area contributed by atoms with Gasteiger partial charge in [-0.15, -0.1) is 0 Å². The SMILES string of the molecule is O=C(O)c1c(F)c(F)cc(F)c1F. The predicted octanol–water partition coefficient (Wildman–Crippen LogP) is 1.94. The number of carbonyl (C=O) groups is 1. The van der Waals surface area contributed by atoms with Gasteiger partial charge in [-0.1, -0.05) is 0 Å². The van der Waals surface area contributed by atoms with Crippen LogP contribution in [-0.4, -0.2) is 11.1 Å². The minimum absolute atomic E-state index is 0.0584. The Labute approximate surface area is 69.4 Å². The summed E-state index contributed by atoms with van der Waals surface area (Å²) in [7, 11) is 0. The summed E-state index contributed by atoms with van der Waals surface area (Å²) in [5, 5.41) is 8.18. The molecule has 0 aliphatic carbocycles. The zero-order chi connectivity index (χ0) is 10.2. The van der Waals surface area contributed by atoms with Crippen LogP contribution >= 0.6 is 0 Å². The minimum Gasteiger partial charge on any atom is -0.477 e. The van der Waals surface area contributed by atoms with Crippen LogP contribution in [0.4, 0.5) is 17.6 Å². The smallest absolute Gasteiger partial charge is 0.341 e. The van der Waals surface area contributed by atoms with Gasteiger partial charge in [-0.2, -0.15) is 0 Å². The highest BCUT2D eigenvalue weighted by atomic mass is 19.2. The first kappa shape index (κ1) is 9.50. The zero-order valence-corrected chi connectivity index (χ0v) is 5.94. The number of hydrogen-bond donors (Lipinski definition) is 1. The number of benzene rings is 1. The van der Waals surface area contributed by atoms with E-state index in [4.69, 9.17) is 5.11 Å². The summed E-state index contributed by atoms with van der Waals surface area (Å²) < 4.78 is 49.7. The molecular weight excluding hydrogens is 192 g/mol. The third-order valence-corrected chi connectivity index (χ3v) is 1.33. The molecule has 70 valence electrons. The lowest BCUT2D eigenvalue weighted by Gasteiger charge is -2.01. The standard InChI is InChI=1S/C7H2F4O2/c8-2-1-3(9)6(11)4(5(2)10)7(12)13/h1H,(H,12,13). The fourth-order valence-electron chi connectivity index (χ4n) is 0.761. The van der Waals surface area contributed by atoms with E-state index in [-0.39, 0.29) is 6.07 Å². The minimum atomic E-state index is -2.06. The fourth-order valence-corrected chi connectivity index (χ4v) is 0.761. The lowest BCUT2D eigenvalue weighted by Crippen LogP contribution is -2.08. The molecule has 6 heteroatoms. The largest absolute Gasteiger partial charge is 0.477 e. The number of rotatable bonds is 1. The van der Waals surface area contributed by atoms with E-state index < -0.39 is 34.8 Å². The van der Waals surface area contributed by atoms with Crippen LogP contribution < -0.4 is 0 Å². The van der Waals surface area contributed by atoms with Crippen molar-refractivity contribution in [3.8, 4) is 0 Å². The topological polar surface area (TPSA) is 37.3 Å². The van der Waals surface area contributed by atoms with Gasteiger partial charge < -0.3 is 5.11 Å². The Balaban J connectivity index is 3.56. The highest BCUT2D eigenvalue weighted by molar-refractivity contribution is 5.88. The molecule has 0 atom stereocenters. The molecule has 2 nitrogen and oxygen atoms in total. The molecular formula is C7H2F4O2. The van der Waals surface area contributed by atoms with Crippen LogP contribution in [0.15, 0.2) is 6.07 Å². The molecule has 0 radical (unpaired) electrons. The van der Waals surface area contributed by atoms with Crippen LogP contribution in [0.25, 0.3) is 0 Å². The van der Waals surface area contributed by atoms with E-state index in [1.54, 1.807) is 0 Å². The molecule has 0 amide bonds. The summed E-state index contributed by atoms with van der Waals surface area (Å²) >= 11 is 0. The van der Waals surface area contributed by atoms with Crippen molar-refractivity contribution in [2.45, 2.75) is 0 Å². The molecule has 0 aliphatic rings. The maximum Gasteiger partial charge on any atom is 0.341 e. The molecule has 13 heavy (non-hydrogen) atoms. The first-order valence-electron chi connectivity index (χ1n) is 3.01. The maximum absolute atomic E-state index is 12.5. The summed E-state index contributed by atoms with van der Waals surface area (Å²) in [5.74, 6) is -9.36. The normalized spacial score (nSPS) is 10.2. The van der Waals surface area contributed by atoms with Crippen molar-refractivity contribution >= 4 is 5.97 Å². The van der Waals surface area contributed by atoms with Crippen molar-refractivity contribution in [3.63, 3.8) is 0 Å². The number of carboxylic acid groups (broad SMARTS) is 1. The molecule has 1 aromatic carbocycles. The molecule has 0 spiro atoms. The van der Waals surface area contributed by atoms with Crippen LogP contribution in [0.3, 0.4) is 0 Å². The molecule has 1 N–H and O–H groups in total. The van der Waals surface area contributed by atoms with E-state index in [1.807, 2.05) is 0 Å². The van der Waals surface area contributed by atoms with Crippen molar-refractivity contribution < 1.29 is 27.5 Å². The quantitative estimate of drug-likeness (QED) is 0.547. The number of carboxylic acids is 1. The van der Waals surface area contributed by atoms with Gasteiger partial charge in [-0.05, 0) is 0 Å². The van der Waals surface area contributed by atoms with E-state index in [0.29, 0.717) is 0 Å². The van der Waals surface area contributed by atoms with Crippen LogP contribution in [0.1, 0.15) is 10.4 Å². The Kier molecular flexibility index (Phi) is 2.22. The Hall–Kier alpha value is -1.59.